The first-order valence-electron chi connectivity index (χ1n) is 5.60. The number of benzene rings is 1. The number of hydrogen-bond acceptors (Lipinski definition) is 1. The number of aromatic nitrogens is 1. The molecular formula is C13H15ClN2. The predicted molar refractivity (Wildman–Crippen MR) is 67.8 cm³/mol. The second kappa shape index (κ2) is 3.25. The van der Waals surface area contributed by atoms with Crippen molar-refractivity contribution in [1.82, 2.24) is 4.57 Å². The lowest BCUT2D eigenvalue weighted by Crippen LogP contribution is -2.24. The summed E-state index contributed by atoms with van der Waals surface area (Å²) < 4.78 is 2.08. The largest absolute Gasteiger partial charge is 0.351 e. The summed E-state index contributed by atoms with van der Waals surface area (Å²) in [6, 6.07) is 6.30. The Morgan fingerprint density at radius 1 is 1.38 bits per heavy atom. The summed E-state index contributed by atoms with van der Waals surface area (Å²) in [6.07, 6.45) is 5.18. The zero-order chi connectivity index (χ0) is 11.3. The van der Waals surface area contributed by atoms with Crippen LogP contribution in [0.25, 0.3) is 10.9 Å². The predicted octanol–water partition coefficient (Wildman–Crippen LogP) is 2.87. The normalized spacial score (nSPS) is 17.9. The molecule has 0 bridgehead atoms. The first kappa shape index (κ1) is 10.2. The van der Waals surface area contributed by atoms with Gasteiger partial charge in [-0.2, -0.15) is 0 Å². The maximum atomic E-state index is 6.42. The van der Waals surface area contributed by atoms with E-state index in [1.54, 1.807) is 0 Å². The number of rotatable bonds is 2. The van der Waals surface area contributed by atoms with Crippen molar-refractivity contribution in [3.05, 3.63) is 35.0 Å². The highest BCUT2D eigenvalue weighted by atomic mass is 35.5. The van der Waals surface area contributed by atoms with E-state index < -0.39 is 0 Å². The molecule has 2 aromatic rings. The third-order valence-electron chi connectivity index (χ3n) is 3.52. The standard InChI is InChI=1S/C13H15ClN2/c1-16-7-4-10-11(16)3-2-9(12(10)14)8-13(15)5-6-13/h2-4,7H,5-6,8,15H2,1H3. The van der Waals surface area contributed by atoms with Crippen LogP contribution in [0.1, 0.15) is 18.4 Å². The van der Waals surface area contributed by atoms with Crippen molar-refractivity contribution in [3.8, 4) is 0 Å². The van der Waals surface area contributed by atoms with Gasteiger partial charge in [-0.15, -0.1) is 0 Å². The van der Waals surface area contributed by atoms with E-state index in [1.165, 1.54) is 11.1 Å². The summed E-state index contributed by atoms with van der Waals surface area (Å²) in [5.74, 6) is 0. The van der Waals surface area contributed by atoms with Gasteiger partial charge in [0.25, 0.3) is 0 Å². The third-order valence-corrected chi connectivity index (χ3v) is 3.96. The monoisotopic (exact) mass is 234 g/mol. The van der Waals surface area contributed by atoms with Crippen molar-refractivity contribution < 1.29 is 0 Å². The van der Waals surface area contributed by atoms with Crippen LogP contribution in [0.3, 0.4) is 0 Å². The number of fused-ring (bicyclic) bond motifs is 1. The fourth-order valence-electron chi connectivity index (χ4n) is 2.21. The molecule has 16 heavy (non-hydrogen) atoms. The van der Waals surface area contributed by atoms with Crippen LogP contribution in [0.2, 0.25) is 5.02 Å². The highest BCUT2D eigenvalue weighted by molar-refractivity contribution is 6.36. The van der Waals surface area contributed by atoms with Crippen LogP contribution in [0.5, 0.6) is 0 Å². The number of aryl methyl sites for hydroxylation is 1. The Hall–Kier alpha value is -0.990. The van der Waals surface area contributed by atoms with Gasteiger partial charge >= 0.3 is 0 Å². The summed E-state index contributed by atoms with van der Waals surface area (Å²) in [5.41, 5.74) is 8.51. The molecule has 0 radical (unpaired) electrons. The minimum Gasteiger partial charge on any atom is -0.351 e. The number of nitrogens with two attached hydrogens (primary N) is 1. The van der Waals surface area contributed by atoms with Crippen molar-refractivity contribution in [2.24, 2.45) is 12.8 Å². The van der Waals surface area contributed by atoms with Crippen molar-refractivity contribution in [1.29, 1.82) is 0 Å². The average molecular weight is 235 g/mol. The molecule has 1 heterocycles. The number of nitrogens with zero attached hydrogens (tertiary/aromatic N) is 1. The van der Waals surface area contributed by atoms with Crippen molar-refractivity contribution >= 4 is 22.5 Å². The second-order valence-electron chi connectivity index (χ2n) is 4.94. The van der Waals surface area contributed by atoms with E-state index in [9.17, 15) is 0 Å². The Balaban J connectivity index is 2.09. The minimum atomic E-state index is 0.0199. The molecule has 3 rings (SSSR count). The summed E-state index contributed by atoms with van der Waals surface area (Å²) in [6.45, 7) is 0. The van der Waals surface area contributed by atoms with E-state index >= 15 is 0 Å². The highest BCUT2D eigenvalue weighted by Gasteiger charge is 2.38. The van der Waals surface area contributed by atoms with Crippen LogP contribution in [0.4, 0.5) is 0 Å². The van der Waals surface area contributed by atoms with Gasteiger partial charge in [-0.3, -0.25) is 0 Å². The fourth-order valence-corrected chi connectivity index (χ4v) is 2.50. The van der Waals surface area contributed by atoms with E-state index in [4.69, 9.17) is 17.3 Å². The van der Waals surface area contributed by atoms with Crippen LogP contribution in [0.15, 0.2) is 24.4 Å². The zero-order valence-corrected chi connectivity index (χ0v) is 10.1. The lowest BCUT2D eigenvalue weighted by atomic mass is 10.0. The quantitative estimate of drug-likeness (QED) is 0.851. The van der Waals surface area contributed by atoms with Crippen LogP contribution in [0, 0.1) is 0 Å². The molecule has 2 N–H and O–H groups in total. The fraction of sp³-hybridized carbons (Fsp3) is 0.385. The van der Waals surface area contributed by atoms with Gasteiger partial charge in [0.05, 0.1) is 5.02 Å². The van der Waals surface area contributed by atoms with Crippen molar-refractivity contribution in [2.75, 3.05) is 0 Å². The van der Waals surface area contributed by atoms with Gasteiger partial charge in [0, 0.05) is 29.7 Å². The molecule has 0 aliphatic heterocycles. The SMILES string of the molecule is Cn1ccc2c(Cl)c(CC3(N)CC3)ccc21. The molecule has 1 aromatic heterocycles. The molecule has 1 aliphatic carbocycles. The molecule has 84 valence electrons. The maximum absolute atomic E-state index is 6.42. The lowest BCUT2D eigenvalue weighted by molar-refractivity contribution is 0.673. The molecular weight excluding hydrogens is 220 g/mol. The van der Waals surface area contributed by atoms with E-state index in [2.05, 4.69) is 22.8 Å². The number of hydrogen-bond donors (Lipinski definition) is 1. The molecule has 3 heteroatoms. The molecule has 1 aliphatic rings. The minimum absolute atomic E-state index is 0.0199. The number of halogens is 1. The Kier molecular flexibility index (Phi) is 2.07. The van der Waals surface area contributed by atoms with E-state index in [0.717, 1.165) is 29.7 Å². The molecule has 1 saturated carbocycles. The van der Waals surface area contributed by atoms with Gasteiger partial charge in [0.15, 0.2) is 0 Å². The van der Waals surface area contributed by atoms with Crippen molar-refractivity contribution in [3.63, 3.8) is 0 Å². The van der Waals surface area contributed by atoms with Gasteiger partial charge in [0.1, 0.15) is 0 Å². The van der Waals surface area contributed by atoms with Crippen molar-refractivity contribution in [2.45, 2.75) is 24.8 Å². The Morgan fingerprint density at radius 3 is 2.81 bits per heavy atom. The smallest absolute Gasteiger partial charge is 0.0532 e. The van der Waals surface area contributed by atoms with Gasteiger partial charge in [-0.25, -0.2) is 0 Å². The average Bonchev–Trinajstić information content (AvgIpc) is 2.84. The first-order chi connectivity index (χ1) is 7.59. The van der Waals surface area contributed by atoms with Gasteiger partial charge in [0.2, 0.25) is 0 Å². The molecule has 1 fully saturated rings. The zero-order valence-electron chi connectivity index (χ0n) is 9.33. The lowest BCUT2D eigenvalue weighted by Gasteiger charge is -2.11. The Bertz CT molecular complexity index is 552. The molecule has 0 atom stereocenters. The summed E-state index contributed by atoms with van der Waals surface area (Å²) in [7, 11) is 2.03. The maximum Gasteiger partial charge on any atom is 0.0532 e. The Labute approximate surface area is 100.0 Å². The molecule has 2 nitrogen and oxygen atoms in total. The van der Waals surface area contributed by atoms with Crippen LogP contribution in [-0.2, 0) is 13.5 Å². The van der Waals surface area contributed by atoms with E-state index in [0.29, 0.717) is 0 Å². The summed E-state index contributed by atoms with van der Waals surface area (Å²) >= 11 is 6.42. The first-order valence-corrected chi connectivity index (χ1v) is 5.98. The van der Waals surface area contributed by atoms with Crippen LogP contribution in [-0.4, -0.2) is 10.1 Å². The molecule has 0 unspecified atom stereocenters. The second-order valence-corrected chi connectivity index (χ2v) is 5.32. The summed E-state index contributed by atoms with van der Waals surface area (Å²) in [5, 5.41) is 2.00. The third kappa shape index (κ3) is 1.53. The molecule has 0 amide bonds. The Morgan fingerprint density at radius 2 is 2.12 bits per heavy atom. The van der Waals surface area contributed by atoms with E-state index in [-0.39, 0.29) is 5.54 Å². The molecule has 0 saturated heterocycles. The van der Waals surface area contributed by atoms with Crippen LogP contribution >= 0.6 is 11.6 Å². The molecule has 1 aromatic carbocycles. The summed E-state index contributed by atoms with van der Waals surface area (Å²) in [4.78, 5) is 0. The van der Waals surface area contributed by atoms with Gasteiger partial charge in [-0.1, -0.05) is 17.7 Å². The molecule has 0 spiro atoms. The van der Waals surface area contributed by atoms with Gasteiger partial charge in [-0.05, 0) is 37.0 Å². The van der Waals surface area contributed by atoms with E-state index in [1.807, 2.05) is 13.2 Å². The highest BCUT2D eigenvalue weighted by Crippen LogP contribution is 2.38. The van der Waals surface area contributed by atoms with Gasteiger partial charge < -0.3 is 10.3 Å². The topological polar surface area (TPSA) is 30.9 Å². The van der Waals surface area contributed by atoms with Crippen LogP contribution < -0.4 is 5.73 Å².